The molecule has 0 spiro atoms. The molecule has 0 aromatic rings. The van der Waals surface area contributed by atoms with Crippen molar-refractivity contribution >= 4 is 0 Å². The quantitative estimate of drug-likeness (QED) is 0.380. The first-order chi connectivity index (χ1) is 9.81. The average molecular weight is 287 g/mol. The number of unbranched alkanes of at least 4 members (excludes halogenated alkanes) is 11. The number of aliphatic hydroxyl groups is 2. The van der Waals surface area contributed by atoms with E-state index in [0.29, 0.717) is 6.54 Å². The molecule has 0 saturated heterocycles. The Bertz CT molecular complexity index is 176. The molecule has 0 fully saturated rings. The SMILES string of the molecule is CCCCCCCCCCCCCCNC[C@H](O)CO. The van der Waals surface area contributed by atoms with Crippen molar-refractivity contribution in [1.82, 2.24) is 5.32 Å². The van der Waals surface area contributed by atoms with Crippen LogP contribution >= 0.6 is 0 Å². The summed E-state index contributed by atoms with van der Waals surface area (Å²) in [5, 5.41) is 20.9. The normalized spacial score (nSPS) is 12.8. The molecule has 3 heteroatoms. The Morgan fingerprint density at radius 3 is 1.65 bits per heavy atom. The van der Waals surface area contributed by atoms with Gasteiger partial charge in [0.1, 0.15) is 0 Å². The summed E-state index contributed by atoms with van der Waals surface area (Å²) in [5.74, 6) is 0. The lowest BCUT2D eigenvalue weighted by atomic mass is 10.1. The first-order valence-electron chi connectivity index (χ1n) is 8.81. The standard InChI is InChI=1S/C17H37NO2/c1-2-3-4-5-6-7-8-9-10-11-12-13-14-18-15-17(20)16-19/h17-20H,2-16H2,1H3/t17-/m0/s1. The van der Waals surface area contributed by atoms with Crippen LogP contribution in [-0.4, -0.2) is 36.0 Å². The summed E-state index contributed by atoms with van der Waals surface area (Å²) in [7, 11) is 0. The largest absolute Gasteiger partial charge is 0.394 e. The second-order valence-electron chi connectivity index (χ2n) is 5.93. The minimum atomic E-state index is -0.604. The fourth-order valence-corrected chi connectivity index (χ4v) is 2.42. The number of nitrogens with one attached hydrogen (secondary N) is 1. The first-order valence-corrected chi connectivity index (χ1v) is 8.81. The molecule has 0 aliphatic rings. The fourth-order valence-electron chi connectivity index (χ4n) is 2.42. The summed E-state index contributed by atoms with van der Waals surface area (Å²) in [5.41, 5.74) is 0. The first kappa shape index (κ1) is 19.9. The molecule has 0 saturated carbocycles. The molecular formula is C17H37NO2. The van der Waals surface area contributed by atoms with Gasteiger partial charge in [0, 0.05) is 6.54 Å². The van der Waals surface area contributed by atoms with E-state index in [0.717, 1.165) is 6.54 Å². The Morgan fingerprint density at radius 1 is 0.750 bits per heavy atom. The zero-order chi connectivity index (χ0) is 14.9. The summed E-state index contributed by atoms with van der Waals surface area (Å²) >= 11 is 0. The Labute approximate surface area is 126 Å². The van der Waals surface area contributed by atoms with Crippen LogP contribution < -0.4 is 5.32 Å². The Hall–Kier alpha value is -0.120. The van der Waals surface area contributed by atoms with Crippen LogP contribution in [0.4, 0.5) is 0 Å². The van der Waals surface area contributed by atoms with Crippen LogP contribution in [0.1, 0.15) is 84.0 Å². The van der Waals surface area contributed by atoms with Crippen LogP contribution in [0.25, 0.3) is 0 Å². The van der Waals surface area contributed by atoms with E-state index < -0.39 is 6.10 Å². The lowest BCUT2D eigenvalue weighted by molar-refractivity contribution is 0.0945. The topological polar surface area (TPSA) is 52.5 Å². The van der Waals surface area contributed by atoms with Gasteiger partial charge in [-0.3, -0.25) is 0 Å². The van der Waals surface area contributed by atoms with Gasteiger partial charge in [-0.2, -0.15) is 0 Å². The zero-order valence-corrected chi connectivity index (χ0v) is 13.6. The third kappa shape index (κ3) is 15.9. The summed E-state index contributed by atoms with van der Waals surface area (Å²) in [4.78, 5) is 0. The molecule has 0 aromatic carbocycles. The van der Waals surface area contributed by atoms with Crippen molar-refractivity contribution in [3.05, 3.63) is 0 Å². The monoisotopic (exact) mass is 287 g/mol. The van der Waals surface area contributed by atoms with Crippen LogP contribution in [0.3, 0.4) is 0 Å². The van der Waals surface area contributed by atoms with Crippen molar-refractivity contribution < 1.29 is 10.2 Å². The zero-order valence-electron chi connectivity index (χ0n) is 13.6. The Balaban J connectivity index is 2.96. The third-order valence-electron chi connectivity index (χ3n) is 3.80. The van der Waals surface area contributed by atoms with E-state index in [9.17, 15) is 0 Å². The predicted octanol–water partition coefficient (Wildman–Crippen LogP) is 3.63. The molecule has 0 unspecified atom stereocenters. The van der Waals surface area contributed by atoms with Crippen LogP contribution in [-0.2, 0) is 0 Å². The van der Waals surface area contributed by atoms with Gasteiger partial charge in [0.15, 0.2) is 0 Å². The van der Waals surface area contributed by atoms with Crippen LogP contribution in [0, 0.1) is 0 Å². The smallest absolute Gasteiger partial charge is 0.0894 e. The summed E-state index contributed by atoms with van der Waals surface area (Å²) in [6.45, 7) is 3.58. The molecule has 0 bridgehead atoms. The number of rotatable bonds is 16. The van der Waals surface area contributed by atoms with Crippen molar-refractivity contribution in [2.24, 2.45) is 0 Å². The highest BCUT2D eigenvalue weighted by Crippen LogP contribution is 2.11. The van der Waals surface area contributed by atoms with Crippen molar-refractivity contribution in [3.63, 3.8) is 0 Å². The molecule has 20 heavy (non-hydrogen) atoms. The van der Waals surface area contributed by atoms with Gasteiger partial charge < -0.3 is 15.5 Å². The van der Waals surface area contributed by atoms with E-state index in [2.05, 4.69) is 12.2 Å². The maximum absolute atomic E-state index is 9.14. The lowest BCUT2D eigenvalue weighted by Crippen LogP contribution is -2.29. The minimum absolute atomic E-state index is 0.147. The number of aliphatic hydroxyl groups excluding tert-OH is 2. The van der Waals surface area contributed by atoms with Crippen molar-refractivity contribution in [1.29, 1.82) is 0 Å². The maximum Gasteiger partial charge on any atom is 0.0894 e. The van der Waals surface area contributed by atoms with E-state index in [1.165, 1.54) is 77.0 Å². The summed E-state index contributed by atoms with van der Waals surface area (Å²) in [6.07, 6.45) is 15.8. The summed E-state index contributed by atoms with van der Waals surface area (Å²) < 4.78 is 0. The maximum atomic E-state index is 9.14. The van der Waals surface area contributed by atoms with Crippen LogP contribution in [0.15, 0.2) is 0 Å². The molecule has 0 rings (SSSR count). The second kappa shape index (κ2) is 16.9. The van der Waals surface area contributed by atoms with E-state index in [1.807, 2.05) is 0 Å². The predicted molar refractivity (Wildman–Crippen MR) is 87.0 cm³/mol. The highest BCUT2D eigenvalue weighted by molar-refractivity contribution is 4.57. The van der Waals surface area contributed by atoms with Gasteiger partial charge in [-0.05, 0) is 13.0 Å². The minimum Gasteiger partial charge on any atom is -0.394 e. The molecule has 0 aliphatic carbocycles. The molecular weight excluding hydrogens is 250 g/mol. The van der Waals surface area contributed by atoms with Gasteiger partial charge in [0.25, 0.3) is 0 Å². The molecule has 3 N–H and O–H groups in total. The highest BCUT2D eigenvalue weighted by atomic mass is 16.3. The molecule has 3 nitrogen and oxygen atoms in total. The second-order valence-corrected chi connectivity index (χ2v) is 5.93. The van der Waals surface area contributed by atoms with E-state index in [4.69, 9.17) is 10.2 Å². The molecule has 122 valence electrons. The van der Waals surface area contributed by atoms with Gasteiger partial charge in [0.2, 0.25) is 0 Å². The van der Waals surface area contributed by atoms with Crippen molar-refractivity contribution in [2.75, 3.05) is 19.7 Å². The number of hydrogen-bond donors (Lipinski definition) is 3. The molecule has 0 radical (unpaired) electrons. The van der Waals surface area contributed by atoms with Crippen molar-refractivity contribution in [2.45, 2.75) is 90.1 Å². The van der Waals surface area contributed by atoms with E-state index in [-0.39, 0.29) is 6.61 Å². The Kier molecular flexibility index (Phi) is 16.8. The molecule has 0 amide bonds. The van der Waals surface area contributed by atoms with E-state index in [1.54, 1.807) is 0 Å². The van der Waals surface area contributed by atoms with Crippen molar-refractivity contribution in [3.8, 4) is 0 Å². The molecule has 0 aliphatic heterocycles. The third-order valence-corrected chi connectivity index (χ3v) is 3.80. The molecule has 0 heterocycles. The van der Waals surface area contributed by atoms with Gasteiger partial charge in [-0.1, -0.05) is 77.6 Å². The van der Waals surface area contributed by atoms with Gasteiger partial charge in [-0.25, -0.2) is 0 Å². The van der Waals surface area contributed by atoms with Gasteiger partial charge in [-0.15, -0.1) is 0 Å². The van der Waals surface area contributed by atoms with E-state index >= 15 is 0 Å². The molecule has 1 atom stereocenters. The van der Waals surface area contributed by atoms with Crippen LogP contribution in [0.5, 0.6) is 0 Å². The van der Waals surface area contributed by atoms with Gasteiger partial charge >= 0.3 is 0 Å². The number of hydrogen-bond acceptors (Lipinski definition) is 3. The highest BCUT2D eigenvalue weighted by Gasteiger charge is 1.99. The van der Waals surface area contributed by atoms with Crippen LogP contribution in [0.2, 0.25) is 0 Å². The summed E-state index contributed by atoms with van der Waals surface area (Å²) in [6, 6.07) is 0. The molecule has 0 aromatic heterocycles. The van der Waals surface area contributed by atoms with Gasteiger partial charge in [0.05, 0.1) is 12.7 Å². The fraction of sp³-hybridized carbons (Fsp3) is 1.00. The Morgan fingerprint density at radius 2 is 1.20 bits per heavy atom. The average Bonchev–Trinajstić information content (AvgIpc) is 2.47. The lowest BCUT2D eigenvalue weighted by Gasteiger charge is -2.08.